The number of Topliss-reactive ketones (excluding diaryl/α,β-unsaturated/α-hetero) is 1. The molecule has 8 heteroatoms. The van der Waals surface area contributed by atoms with E-state index in [0.717, 1.165) is 6.08 Å². The molecule has 1 aromatic rings. The molecule has 3 atom stereocenters. The van der Waals surface area contributed by atoms with Gasteiger partial charge in [-0.05, 0) is 6.92 Å². The van der Waals surface area contributed by atoms with Crippen LogP contribution >= 0.6 is 0 Å². The number of ether oxygens (including phenoxy) is 2. The number of phenolic OH excluding ortho intramolecular Hbond substituents is 2. The Morgan fingerprint density at radius 3 is 2.56 bits per heavy atom. The average Bonchev–Trinajstić information content (AvgIpc) is 2.53. The van der Waals surface area contributed by atoms with Crippen molar-refractivity contribution < 1.29 is 39.5 Å². The molecule has 4 N–H and O–H groups in total. The lowest BCUT2D eigenvalue weighted by Crippen LogP contribution is -2.30. The highest BCUT2D eigenvalue weighted by Gasteiger charge is 2.41. The van der Waals surface area contributed by atoms with E-state index >= 15 is 0 Å². The van der Waals surface area contributed by atoms with Crippen LogP contribution in [0.3, 0.4) is 0 Å². The number of allylic oxidation sites excluding steroid dienone is 2. The highest BCUT2D eigenvalue weighted by atomic mass is 16.5. The number of hydrogen-bond acceptors (Lipinski definition) is 8. The molecule has 0 aromatic heterocycles. The van der Waals surface area contributed by atoms with Crippen molar-refractivity contribution in [2.45, 2.75) is 38.1 Å². The zero-order chi connectivity index (χ0) is 18.5. The van der Waals surface area contributed by atoms with E-state index in [1.165, 1.54) is 7.11 Å². The molecule has 25 heavy (non-hydrogen) atoms. The summed E-state index contributed by atoms with van der Waals surface area (Å²) >= 11 is 0. The smallest absolute Gasteiger partial charge is 0.232 e. The number of phenols is 2. The number of aliphatic hydroxyl groups is 2. The minimum absolute atomic E-state index is 0.0605. The van der Waals surface area contributed by atoms with Crippen LogP contribution in [0.25, 0.3) is 0 Å². The number of aliphatic hydroxyl groups excluding tert-OH is 2. The second-order valence-electron chi connectivity index (χ2n) is 6.17. The first-order chi connectivity index (χ1) is 11.8. The SMILES string of the molecule is COC1=CC(=O)c2c(O)c3c(c(O)c2C1=O)OC(CC(C)O)CC3O. The van der Waals surface area contributed by atoms with Crippen molar-refractivity contribution in [2.75, 3.05) is 7.11 Å². The molecule has 0 saturated carbocycles. The lowest BCUT2D eigenvalue weighted by atomic mass is 9.85. The zero-order valence-corrected chi connectivity index (χ0v) is 13.6. The van der Waals surface area contributed by atoms with Crippen LogP contribution in [0.15, 0.2) is 11.8 Å². The first kappa shape index (κ1) is 17.2. The molecule has 134 valence electrons. The van der Waals surface area contributed by atoms with Gasteiger partial charge < -0.3 is 29.9 Å². The lowest BCUT2D eigenvalue weighted by Gasteiger charge is -2.33. The van der Waals surface area contributed by atoms with Crippen LogP contribution in [-0.2, 0) is 4.74 Å². The first-order valence-corrected chi connectivity index (χ1v) is 7.75. The predicted octanol–water partition coefficient (Wildman–Crippen LogP) is 0.962. The van der Waals surface area contributed by atoms with Crippen molar-refractivity contribution in [2.24, 2.45) is 0 Å². The summed E-state index contributed by atoms with van der Waals surface area (Å²) in [5.41, 5.74) is -0.960. The number of methoxy groups -OCH3 is 1. The Balaban J connectivity index is 2.19. The Kier molecular flexibility index (Phi) is 4.18. The van der Waals surface area contributed by atoms with Crippen LogP contribution in [0.2, 0.25) is 0 Å². The minimum atomic E-state index is -1.22. The van der Waals surface area contributed by atoms with E-state index in [1.807, 2.05) is 0 Å². The number of benzene rings is 1. The summed E-state index contributed by atoms with van der Waals surface area (Å²) in [7, 11) is 1.20. The average molecular weight is 350 g/mol. The quantitative estimate of drug-likeness (QED) is 0.592. The number of fused-ring (bicyclic) bond motifs is 2. The summed E-state index contributed by atoms with van der Waals surface area (Å²) in [6.07, 6.45) is -1.40. The third-order valence-corrected chi connectivity index (χ3v) is 4.33. The van der Waals surface area contributed by atoms with Gasteiger partial charge in [-0.1, -0.05) is 0 Å². The Morgan fingerprint density at radius 2 is 1.96 bits per heavy atom. The van der Waals surface area contributed by atoms with Crippen LogP contribution in [0.5, 0.6) is 17.2 Å². The van der Waals surface area contributed by atoms with Gasteiger partial charge >= 0.3 is 0 Å². The Labute approximate surface area is 142 Å². The molecule has 0 spiro atoms. The molecule has 0 fully saturated rings. The third kappa shape index (κ3) is 2.63. The molecule has 3 rings (SSSR count). The van der Waals surface area contributed by atoms with Gasteiger partial charge in [0, 0.05) is 18.9 Å². The number of aromatic hydroxyl groups is 2. The van der Waals surface area contributed by atoms with Crippen molar-refractivity contribution in [3.05, 3.63) is 28.5 Å². The lowest BCUT2D eigenvalue weighted by molar-refractivity contribution is 0.0328. The summed E-state index contributed by atoms with van der Waals surface area (Å²) in [5.74, 6) is -3.28. The minimum Gasteiger partial charge on any atom is -0.507 e. The molecule has 1 heterocycles. The van der Waals surface area contributed by atoms with E-state index in [4.69, 9.17) is 9.47 Å². The molecule has 0 saturated heterocycles. The Morgan fingerprint density at radius 1 is 1.28 bits per heavy atom. The molecular formula is C17H18O8. The van der Waals surface area contributed by atoms with E-state index < -0.39 is 52.5 Å². The van der Waals surface area contributed by atoms with Crippen LogP contribution in [0, 0.1) is 0 Å². The molecular weight excluding hydrogens is 332 g/mol. The predicted molar refractivity (Wildman–Crippen MR) is 83.8 cm³/mol. The monoisotopic (exact) mass is 350 g/mol. The Bertz CT molecular complexity index is 793. The number of carbonyl (C=O) groups excluding carboxylic acids is 2. The van der Waals surface area contributed by atoms with Crippen molar-refractivity contribution in [1.29, 1.82) is 0 Å². The van der Waals surface area contributed by atoms with Gasteiger partial charge in [0.15, 0.2) is 23.0 Å². The van der Waals surface area contributed by atoms with Gasteiger partial charge in [-0.3, -0.25) is 9.59 Å². The molecule has 0 radical (unpaired) electrons. The number of rotatable bonds is 3. The van der Waals surface area contributed by atoms with Crippen molar-refractivity contribution in [3.63, 3.8) is 0 Å². The summed E-state index contributed by atoms with van der Waals surface area (Å²) in [6.45, 7) is 1.55. The van der Waals surface area contributed by atoms with Crippen molar-refractivity contribution in [1.82, 2.24) is 0 Å². The summed E-state index contributed by atoms with van der Waals surface area (Å²) in [5, 5.41) is 40.8. The largest absolute Gasteiger partial charge is 0.507 e. The van der Waals surface area contributed by atoms with E-state index in [9.17, 15) is 30.0 Å². The van der Waals surface area contributed by atoms with Gasteiger partial charge in [0.2, 0.25) is 5.78 Å². The van der Waals surface area contributed by atoms with Crippen LogP contribution in [-0.4, -0.2) is 51.3 Å². The molecule has 2 aliphatic rings. The topological polar surface area (TPSA) is 134 Å². The molecule has 8 nitrogen and oxygen atoms in total. The van der Waals surface area contributed by atoms with Crippen LogP contribution in [0.4, 0.5) is 0 Å². The van der Waals surface area contributed by atoms with E-state index in [-0.39, 0.29) is 29.9 Å². The number of ketones is 2. The van der Waals surface area contributed by atoms with Crippen molar-refractivity contribution in [3.8, 4) is 17.2 Å². The fourth-order valence-electron chi connectivity index (χ4n) is 3.25. The molecule has 1 aliphatic carbocycles. The van der Waals surface area contributed by atoms with Gasteiger partial charge in [-0.15, -0.1) is 0 Å². The van der Waals surface area contributed by atoms with E-state index in [0.29, 0.717) is 0 Å². The number of carbonyl (C=O) groups is 2. The molecule has 3 unspecified atom stereocenters. The van der Waals surface area contributed by atoms with Gasteiger partial charge in [-0.2, -0.15) is 0 Å². The van der Waals surface area contributed by atoms with E-state index in [1.54, 1.807) is 6.92 Å². The number of hydrogen-bond donors (Lipinski definition) is 4. The van der Waals surface area contributed by atoms with Gasteiger partial charge in [0.05, 0.1) is 36.0 Å². The highest BCUT2D eigenvalue weighted by molar-refractivity contribution is 6.26. The normalized spacial score (nSPS) is 23.3. The van der Waals surface area contributed by atoms with Gasteiger partial charge in [0.25, 0.3) is 0 Å². The first-order valence-electron chi connectivity index (χ1n) is 7.75. The molecule has 1 aromatic carbocycles. The fourth-order valence-corrected chi connectivity index (χ4v) is 3.25. The van der Waals surface area contributed by atoms with Gasteiger partial charge in [-0.25, -0.2) is 0 Å². The van der Waals surface area contributed by atoms with Crippen LogP contribution < -0.4 is 4.74 Å². The summed E-state index contributed by atoms with van der Waals surface area (Å²) in [4.78, 5) is 24.7. The maximum absolute atomic E-state index is 12.4. The highest BCUT2D eigenvalue weighted by Crippen LogP contribution is 2.51. The second kappa shape index (κ2) is 6.05. The zero-order valence-electron chi connectivity index (χ0n) is 13.6. The van der Waals surface area contributed by atoms with Crippen LogP contribution in [0.1, 0.15) is 52.1 Å². The Hall–Kier alpha value is -2.58. The van der Waals surface area contributed by atoms with Gasteiger partial charge in [0.1, 0.15) is 11.9 Å². The standard InChI is InChI=1S/C17H18O8/c1-6(18)3-7-4-8(19)12-15(22)11-9(20)5-10(24-2)14(21)13(11)16(23)17(12)25-7/h5-8,18-19,22-23H,3-4H2,1-2H3. The molecule has 0 bridgehead atoms. The molecule has 1 aliphatic heterocycles. The maximum atomic E-state index is 12.4. The van der Waals surface area contributed by atoms with E-state index in [2.05, 4.69) is 0 Å². The second-order valence-corrected chi connectivity index (χ2v) is 6.17. The fraction of sp³-hybridized carbons (Fsp3) is 0.412. The summed E-state index contributed by atoms with van der Waals surface area (Å²) in [6, 6.07) is 0. The van der Waals surface area contributed by atoms with Crippen molar-refractivity contribution >= 4 is 11.6 Å². The maximum Gasteiger partial charge on any atom is 0.232 e. The molecule has 0 amide bonds. The summed E-state index contributed by atoms with van der Waals surface area (Å²) < 4.78 is 10.4. The third-order valence-electron chi connectivity index (χ3n) is 4.33.